The van der Waals surface area contributed by atoms with Crippen LogP contribution in [0.5, 0.6) is 0 Å². The molecule has 168 valence electrons. The minimum absolute atomic E-state index is 0. The van der Waals surface area contributed by atoms with Gasteiger partial charge in [-0.1, -0.05) is 37.7 Å². The standard InChI is InChI=1S/C22H31N3OS2.2ClH/c1-15(2)20-13-17-21(25-11-10-24(3)16(14-25)9-12-26-4)23-18-7-5-6-8-19(18)27-22(17)28-20;;/h5-8,13,15-16,21,23H,9-12,14H2,1-4H3;2*1H/t16-,21?;;/m0../s1. The Morgan fingerprint density at radius 2 is 1.97 bits per heavy atom. The highest BCUT2D eigenvalue weighted by molar-refractivity contribution is 8.01. The molecule has 1 aromatic carbocycles. The third-order valence-electron chi connectivity index (χ3n) is 5.82. The first-order valence-corrected chi connectivity index (χ1v) is 11.8. The van der Waals surface area contributed by atoms with Crippen LogP contribution in [0.3, 0.4) is 0 Å². The van der Waals surface area contributed by atoms with Gasteiger partial charge in [0.25, 0.3) is 0 Å². The highest BCUT2D eigenvalue weighted by Gasteiger charge is 2.33. The topological polar surface area (TPSA) is 27.7 Å². The van der Waals surface area contributed by atoms with E-state index in [1.807, 2.05) is 23.1 Å². The van der Waals surface area contributed by atoms with Crippen molar-refractivity contribution in [2.45, 2.75) is 47.5 Å². The van der Waals surface area contributed by atoms with Gasteiger partial charge in [0.2, 0.25) is 0 Å². The minimum atomic E-state index is 0. The first kappa shape index (κ1) is 25.8. The lowest BCUT2D eigenvalue weighted by molar-refractivity contribution is 0.0522. The number of halogens is 2. The summed E-state index contributed by atoms with van der Waals surface area (Å²) in [5, 5.41) is 3.89. The fourth-order valence-electron chi connectivity index (χ4n) is 4.02. The first-order chi connectivity index (χ1) is 13.6. The van der Waals surface area contributed by atoms with E-state index in [4.69, 9.17) is 4.74 Å². The van der Waals surface area contributed by atoms with Gasteiger partial charge in [-0.3, -0.25) is 4.90 Å². The summed E-state index contributed by atoms with van der Waals surface area (Å²) >= 11 is 3.89. The zero-order valence-electron chi connectivity index (χ0n) is 18.1. The van der Waals surface area contributed by atoms with Crippen LogP contribution in [-0.2, 0) is 4.74 Å². The van der Waals surface area contributed by atoms with Gasteiger partial charge in [-0.2, -0.15) is 0 Å². The predicted molar refractivity (Wildman–Crippen MR) is 134 cm³/mol. The Morgan fingerprint density at radius 3 is 2.70 bits per heavy atom. The number of para-hydroxylation sites is 1. The summed E-state index contributed by atoms with van der Waals surface area (Å²) in [6, 6.07) is 11.7. The van der Waals surface area contributed by atoms with E-state index in [1.54, 1.807) is 7.11 Å². The zero-order chi connectivity index (χ0) is 19.7. The lowest BCUT2D eigenvalue weighted by Crippen LogP contribution is -2.53. The van der Waals surface area contributed by atoms with E-state index in [0.29, 0.717) is 12.0 Å². The number of anilines is 1. The first-order valence-electron chi connectivity index (χ1n) is 10.2. The second kappa shape index (κ2) is 11.4. The molecule has 0 bridgehead atoms. The third-order valence-corrected chi connectivity index (χ3v) is 8.56. The van der Waals surface area contributed by atoms with Gasteiger partial charge in [0.05, 0.1) is 4.21 Å². The van der Waals surface area contributed by atoms with Crippen molar-refractivity contribution in [1.29, 1.82) is 0 Å². The molecule has 1 saturated heterocycles. The van der Waals surface area contributed by atoms with Crippen LogP contribution < -0.4 is 5.32 Å². The molecule has 1 N–H and O–H groups in total. The summed E-state index contributed by atoms with van der Waals surface area (Å²) in [5.74, 6) is 0.565. The summed E-state index contributed by atoms with van der Waals surface area (Å²) in [4.78, 5) is 7.93. The Labute approximate surface area is 201 Å². The molecular formula is C22H33Cl2N3OS2. The van der Waals surface area contributed by atoms with E-state index >= 15 is 0 Å². The molecule has 0 spiro atoms. The number of thiophene rings is 1. The van der Waals surface area contributed by atoms with Crippen LogP contribution in [0.25, 0.3) is 0 Å². The molecule has 0 saturated carbocycles. The minimum Gasteiger partial charge on any atom is -0.385 e. The molecule has 0 radical (unpaired) electrons. The van der Waals surface area contributed by atoms with Crippen LogP contribution in [0.1, 0.15) is 42.8 Å². The van der Waals surface area contributed by atoms with Gasteiger partial charge in [-0.25, -0.2) is 0 Å². The Morgan fingerprint density at radius 1 is 1.20 bits per heavy atom. The van der Waals surface area contributed by atoms with Crippen molar-refractivity contribution >= 4 is 53.6 Å². The van der Waals surface area contributed by atoms with Crippen LogP contribution in [-0.4, -0.2) is 56.2 Å². The summed E-state index contributed by atoms with van der Waals surface area (Å²) in [7, 11) is 4.04. The van der Waals surface area contributed by atoms with Crippen molar-refractivity contribution in [2.75, 3.05) is 45.7 Å². The molecule has 1 aromatic heterocycles. The number of nitrogens with one attached hydrogen (secondary N) is 1. The summed E-state index contributed by atoms with van der Waals surface area (Å²) in [5.41, 5.74) is 2.70. The molecule has 0 amide bonds. The normalized spacial score (nSPS) is 21.6. The van der Waals surface area contributed by atoms with Crippen molar-refractivity contribution < 1.29 is 4.74 Å². The molecular weight excluding hydrogens is 457 g/mol. The molecule has 4 rings (SSSR count). The highest BCUT2D eigenvalue weighted by atomic mass is 35.5. The molecule has 2 aliphatic rings. The van der Waals surface area contributed by atoms with Gasteiger partial charge in [0, 0.05) is 60.4 Å². The lowest BCUT2D eigenvalue weighted by Gasteiger charge is -2.43. The third kappa shape index (κ3) is 5.47. The molecule has 2 aliphatic heterocycles. The monoisotopic (exact) mass is 489 g/mol. The maximum Gasteiger partial charge on any atom is 0.108 e. The van der Waals surface area contributed by atoms with Crippen molar-refractivity contribution in [3.05, 3.63) is 40.8 Å². The van der Waals surface area contributed by atoms with E-state index in [2.05, 4.69) is 66.3 Å². The van der Waals surface area contributed by atoms with Crippen LogP contribution in [0.4, 0.5) is 5.69 Å². The number of piperazine rings is 1. The van der Waals surface area contributed by atoms with Crippen molar-refractivity contribution in [2.24, 2.45) is 0 Å². The van der Waals surface area contributed by atoms with Crippen LogP contribution in [0.15, 0.2) is 39.4 Å². The Balaban J connectivity index is 0.00000160. The Kier molecular flexibility index (Phi) is 9.81. The highest BCUT2D eigenvalue weighted by Crippen LogP contribution is 2.48. The molecule has 3 heterocycles. The number of likely N-dealkylation sites (N-methyl/N-ethyl adjacent to an activating group) is 1. The number of nitrogens with zero attached hydrogens (tertiary/aromatic N) is 2. The van der Waals surface area contributed by atoms with E-state index < -0.39 is 0 Å². The fourth-order valence-corrected chi connectivity index (χ4v) is 6.54. The number of hydrogen-bond acceptors (Lipinski definition) is 6. The number of benzene rings is 1. The second-order valence-electron chi connectivity index (χ2n) is 8.10. The van der Waals surface area contributed by atoms with E-state index in [0.717, 1.165) is 32.7 Å². The SMILES string of the molecule is COCC[C@H]1CN(C2Nc3ccccc3Sc3sc(C(C)C)cc32)CCN1C.Cl.Cl. The predicted octanol–water partition coefficient (Wildman–Crippen LogP) is 5.94. The van der Waals surface area contributed by atoms with E-state index in [-0.39, 0.29) is 31.0 Å². The molecule has 0 aliphatic carbocycles. The molecule has 4 nitrogen and oxygen atoms in total. The number of fused-ring (bicyclic) bond motifs is 2. The maximum absolute atomic E-state index is 5.36. The molecule has 30 heavy (non-hydrogen) atoms. The van der Waals surface area contributed by atoms with E-state index in [1.165, 1.54) is 25.2 Å². The van der Waals surface area contributed by atoms with Gasteiger partial charge < -0.3 is 15.0 Å². The molecule has 2 atom stereocenters. The van der Waals surface area contributed by atoms with Gasteiger partial charge in [-0.05, 0) is 37.6 Å². The molecule has 8 heteroatoms. The van der Waals surface area contributed by atoms with Gasteiger partial charge in [0.15, 0.2) is 0 Å². The smallest absolute Gasteiger partial charge is 0.108 e. The fraction of sp³-hybridized carbons (Fsp3) is 0.545. The largest absolute Gasteiger partial charge is 0.385 e. The number of hydrogen-bond donors (Lipinski definition) is 1. The lowest BCUT2D eigenvalue weighted by atomic mass is 10.1. The average Bonchev–Trinajstić information content (AvgIpc) is 3.04. The molecule has 1 fully saturated rings. The van der Waals surface area contributed by atoms with Gasteiger partial charge in [-0.15, -0.1) is 36.2 Å². The summed E-state index contributed by atoms with van der Waals surface area (Å²) in [6.45, 7) is 8.65. The van der Waals surface area contributed by atoms with E-state index in [9.17, 15) is 0 Å². The number of ether oxygens (including phenoxy) is 1. The number of rotatable bonds is 5. The molecule has 1 unspecified atom stereocenters. The zero-order valence-corrected chi connectivity index (χ0v) is 21.4. The summed E-state index contributed by atoms with van der Waals surface area (Å²) in [6.07, 6.45) is 1.31. The Bertz CT molecular complexity index is 817. The average molecular weight is 491 g/mol. The number of methoxy groups -OCH3 is 1. The van der Waals surface area contributed by atoms with Crippen molar-refractivity contribution in [3.8, 4) is 0 Å². The van der Waals surface area contributed by atoms with Crippen LogP contribution in [0, 0.1) is 0 Å². The van der Waals surface area contributed by atoms with Crippen LogP contribution in [0.2, 0.25) is 0 Å². The van der Waals surface area contributed by atoms with Gasteiger partial charge >= 0.3 is 0 Å². The Hall–Kier alpha value is -0.470. The maximum atomic E-state index is 5.36. The van der Waals surface area contributed by atoms with Gasteiger partial charge in [0.1, 0.15) is 6.17 Å². The summed E-state index contributed by atoms with van der Waals surface area (Å²) < 4.78 is 6.81. The second-order valence-corrected chi connectivity index (χ2v) is 10.5. The molecule has 2 aromatic rings. The van der Waals surface area contributed by atoms with Crippen molar-refractivity contribution in [1.82, 2.24) is 9.80 Å². The quantitative estimate of drug-likeness (QED) is 0.560. The van der Waals surface area contributed by atoms with Crippen molar-refractivity contribution in [3.63, 3.8) is 0 Å². The van der Waals surface area contributed by atoms with Crippen LogP contribution >= 0.6 is 47.9 Å².